The number of carbonyl (C=O) groups excluding carboxylic acids is 2. The van der Waals surface area contributed by atoms with Crippen LogP contribution in [-0.4, -0.2) is 12.2 Å². The maximum atomic E-state index is 10.5. The molecule has 0 fully saturated rings. The summed E-state index contributed by atoms with van der Waals surface area (Å²) in [5, 5.41) is 0. The van der Waals surface area contributed by atoms with E-state index in [1.54, 1.807) is 6.92 Å². The highest BCUT2D eigenvalue weighted by Gasteiger charge is 2.17. The summed E-state index contributed by atoms with van der Waals surface area (Å²) >= 11 is 0. The fraction of sp³-hybridized carbons (Fsp3) is 0.429. The number of nitrogens with zero attached hydrogens (tertiary/aromatic N) is 2. The van der Waals surface area contributed by atoms with Crippen LogP contribution in [0.2, 0.25) is 0 Å². The molecule has 0 spiro atoms. The van der Waals surface area contributed by atoms with Crippen LogP contribution < -0.4 is 0 Å². The third-order valence-corrected chi connectivity index (χ3v) is 2.28. The van der Waals surface area contributed by atoms with Crippen molar-refractivity contribution in [2.24, 2.45) is 15.9 Å². The molecule has 96 valence electrons. The highest BCUT2D eigenvalue weighted by molar-refractivity contribution is 5.52. The molecule has 0 amide bonds. The van der Waals surface area contributed by atoms with Crippen molar-refractivity contribution < 1.29 is 9.59 Å². The summed E-state index contributed by atoms with van der Waals surface area (Å²) in [6.07, 6.45) is 3.05. The Kier molecular flexibility index (Phi) is 6.51. The molecule has 0 rings (SSSR count). The van der Waals surface area contributed by atoms with E-state index in [9.17, 15) is 9.59 Å². The molecule has 0 aromatic rings. The first kappa shape index (κ1) is 16.0. The first-order valence-corrected chi connectivity index (χ1v) is 5.60. The second kappa shape index (κ2) is 7.33. The average molecular weight is 246 g/mol. The largest absolute Gasteiger partial charge is 0.240 e. The third kappa shape index (κ3) is 4.10. The summed E-state index contributed by atoms with van der Waals surface area (Å²) in [5.74, 6) is 0.0378. The fourth-order valence-corrected chi connectivity index (χ4v) is 1.58. The van der Waals surface area contributed by atoms with E-state index < -0.39 is 0 Å². The van der Waals surface area contributed by atoms with Gasteiger partial charge in [-0.15, -0.1) is 0 Å². The van der Waals surface area contributed by atoms with E-state index in [0.717, 1.165) is 5.57 Å². The summed E-state index contributed by atoms with van der Waals surface area (Å²) in [6.45, 7) is 13.1. The molecule has 4 heteroatoms. The average Bonchev–Trinajstić information content (AvgIpc) is 2.26. The molecule has 0 N–H and O–H groups in total. The van der Waals surface area contributed by atoms with E-state index in [2.05, 4.69) is 16.6 Å². The maximum Gasteiger partial charge on any atom is 0.240 e. The molecule has 0 saturated carbocycles. The number of hydrogen-bond acceptors (Lipinski definition) is 4. The van der Waals surface area contributed by atoms with Crippen molar-refractivity contribution in [3.63, 3.8) is 0 Å². The molecule has 0 atom stereocenters. The van der Waals surface area contributed by atoms with Gasteiger partial charge in [-0.3, -0.25) is 0 Å². The molecule has 0 saturated heterocycles. The minimum absolute atomic E-state index is 0.0378. The summed E-state index contributed by atoms with van der Waals surface area (Å²) in [7, 11) is 0. The fourth-order valence-electron chi connectivity index (χ4n) is 1.58. The summed E-state index contributed by atoms with van der Waals surface area (Å²) in [6, 6.07) is 0. The zero-order valence-electron chi connectivity index (χ0n) is 11.5. The number of isocyanates is 2. The Morgan fingerprint density at radius 3 is 1.72 bits per heavy atom. The Balaban J connectivity index is 6.37. The lowest BCUT2D eigenvalue weighted by Crippen LogP contribution is -2.03. The van der Waals surface area contributed by atoms with Crippen molar-refractivity contribution >= 4 is 12.2 Å². The summed E-state index contributed by atoms with van der Waals surface area (Å²) in [4.78, 5) is 28.4. The first-order chi connectivity index (χ1) is 8.36. The summed E-state index contributed by atoms with van der Waals surface area (Å²) in [5.41, 5.74) is 3.10. The number of hydrogen-bond donors (Lipinski definition) is 0. The van der Waals surface area contributed by atoms with Crippen LogP contribution >= 0.6 is 0 Å². The number of allylic oxidation sites excluding steroid dienone is 3. The topological polar surface area (TPSA) is 58.9 Å². The van der Waals surface area contributed by atoms with Gasteiger partial charge < -0.3 is 0 Å². The lowest BCUT2D eigenvalue weighted by atomic mass is 9.93. The minimum Gasteiger partial charge on any atom is -0.211 e. The van der Waals surface area contributed by atoms with E-state index in [-0.39, 0.29) is 5.92 Å². The molecule has 0 aromatic carbocycles. The van der Waals surface area contributed by atoms with E-state index in [0.29, 0.717) is 22.5 Å². The predicted octanol–water partition coefficient (Wildman–Crippen LogP) is 3.44. The standard InChI is InChI=1S/C14H18N2O2/c1-9(2)12(13(10(3)4)15-7-17)14(11(5)6)16-8-18/h9H,3H2,1-2,4-6H3/b13-12+. The van der Waals surface area contributed by atoms with Gasteiger partial charge in [0, 0.05) is 5.57 Å². The van der Waals surface area contributed by atoms with E-state index in [4.69, 9.17) is 0 Å². The van der Waals surface area contributed by atoms with Crippen LogP contribution in [0.1, 0.15) is 34.6 Å². The Morgan fingerprint density at radius 2 is 1.44 bits per heavy atom. The van der Waals surface area contributed by atoms with Crippen LogP contribution in [0.5, 0.6) is 0 Å². The minimum atomic E-state index is 0.0378. The Labute approximate surface area is 108 Å². The Morgan fingerprint density at radius 1 is 1.00 bits per heavy atom. The Bertz CT molecular complexity index is 490. The highest BCUT2D eigenvalue weighted by Crippen LogP contribution is 2.30. The van der Waals surface area contributed by atoms with Crippen molar-refractivity contribution in [1.82, 2.24) is 0 Å². The molecule has 0 aliphatic heterocycles. The first-order valence-electron chi connectivity index (χ1n) is 5.60. The van der Waals surface area contributed by atoms with Gasteiger partial charge in [-0.25, -0.2) is 9.59 Å². The highest BCUT2D eigenvalue weighted by atomic mass is 16.1. The molecule has 0 bridgehead atoms. The van der Waals surface area contributed by atoms with Gasteiger partial charge >= 0.3 is 0 Å². The van der Waals surface area contributed by atoms with Gasteiger partial charge in [-0.1, -0.05) is 20.4 Å². The predicted molar refractivity (Wildman–Crippen MR) is 71.3 cm³/mol. The van der Waals surface area contributed by atoms with Crippen LogP contribution in [0.15, 0.2) is 44.7 Å². The van der Waals surface area contributed by atoms with Gasteiger partial charge in [0.2, 0.25) is 12.2 Å². The number of rotatable bonds is 5. The van der Waals surface area contributed by atoms with Gasteiger partial charge in [0.05, 0.1) is 11.4 Å². The number of aliphatic imine (C=N–C) groups is 2. The Hall–Kier alpha value is -2.02. The maximum absolute atomic E-state index is 10.5. The van der Waals surface area contributed by atoms with Crippen LogP contribution in [0.4, 0.5) is 0 Å². The molecular weight excluding hydrogens is 228 g/mol. The second-order valence-corrected chi connectivity index (χ2v) is 4.45. The van der Waals surface area contributed by atoms with Crippen molar-refractivity contribution in [2.75, 3.05) is 0 Å². The molecule has 0 radical (unpaired) electrons. The van der Waals surface area contributed by atoms with Crippen LogP contribution in [-0.2, 0) is 9.59 Å². The summed E-state index contributed by atoms with van der Waals surface area (Å²) < 4.78 is 0. The van der Waals surface area contributed by atoms with Gasteiger partial charge in [-0.05, 0) is 37.8 Å². The van der Waals surface area contributed by atoms with Crippen LogP contribution in [0.3, 0.4) is 0 Å². The smallest absolute Gasteiger partial charge is 0.211 e. The van der Waals surface area contributed by atoms with E-state index in [1.807, 2.05) is 27.7 Å². The lowest BCUT2D eigenvalue weighted by Gasteiger charge is -2.16. The molecule has 4 nitrogen and oxygen atoms in total. The van der Waals surface area contributed by atoms with Gasteiger partial charge in [0.1, 0.15) is 0 Å². The lowest BCUT2D eigenvalue weighted by molar-refractivity contribution is 0.564. The van der Waals surface area contributed by atoms with Crippen LogP contribution in [0, 0.1) is 5.92 Å². The molecule has 0 unspecified atom stereocenters. The van der Waals surface area contributed by atoms with Gasteiger partial charge in [0.25, 0.3) is 0 Å². The van der Waals surface area contributed by atoms with Crippen molar-refractivity contribution in [3.8, 4) is 0 Å². The second-order valence-electron chi connectivity index (χ2n) is 4.45. The zero-order valence-corrected chi connectivity index (χ0v) is 11.5. The van der Waals surface area contributed by atoms with E-state index >= 15 is 0 Å². The normalized spacial score (nSPS) is 11.0. The van der Waals surface area contributed by atoms with Gasteiger partial charge in [0.15, 0.2) is 0 Å². The SMILES string of the molecule is C=C(C)/C(N=C=O)=C(\C(N=C=O)=C(C)C)C(C)C. The molecule has 18 heavy (non-hydrogen) atoms. The molecule has 0 heterocycles. The quantitative estimate of drug-likeness (QED) is 0.424. The van der Waals surface area contributed by atoms with Crippen molar-refractivity contribution in [3.05, 3.63) is 34.7 Å². The van der Waals surface area contributed by atoms with Gasteiger partial charge in [-0.2, -0.15) is 9.98 Å². The molecule has 0 aliphatic carbocycles. The monoisotopic (exact) mass is 246 g/mol. The zero-order chi connectivity index (χ0) is 14.3. The van der Waals surface area contributed by atoms with Crippen molar-refractivity contribution in [2.45, 2.75) is 34.6 Å². The van der Waals surface area contributed by atoms with Crippen molar-refractivity contribution in [1.29, 1.82) is 0 Å². The third-order valence-electron chi connectivity index (χ3n) is 2.28. The molecule has 0 aromatic heterocycles. The van der Waals surface area contributed by atoms with E-state index in [1.165, 1.54) is 12.2 Å². The van der Waals surface area contributed by atoms with Crippen LogP contribution in [0.25, 0.3) is 0 Å². The molecular formula is C14H18N2O2. The molecule has 0 aliphatic rings.